The van der Waals surface area contributed by atoms with Crippen molar-refractivity contribution in [3.8, 4) is 0 Å². The lowest BCUT2D eigenvalue weighted by Gasteiger charge is -2.27. The van der Waals surface area contributed by atoms with Crippen LogP contribution in [0.2, 0.25) is 0 Å². The minimum atomic E-state index is -0.0957. The summed E-state index contributed by atoms with van der Waals surface area (Å²) in [5.41, 5.74) is 3.97. The molecule has 2 saturated carbocycles. The predicted molar refractivity (Wildman–Crippen MR) is 90.8 cm³/mol. The zero-order chi connectivity index (χ0) is 15.8. The first-order chi connectivity index (χ1) is 10.5. The Hall–Kier alpha value is -1.57. The van der Waals surface area contributed by atoms with Crippen molar-refractivity contribution >= 4 is 5.78 Å². The standard InChI is InChI=1S/C20H27NO/c1-4-16-5-7-17(8-6-16)19-9-11-20(14-19,12-10-19)18(22)13-15(2)21-3/h5-8,13,21H,4,9-12,14H2,1-3H3/b15-13-. The molecule has 0 aliphatic heterocycles. The van der Waals surface area contributed by atoms with Crippen molar-refractivity contribution in [1.82, 2.24) is 5.32 Å². The van der Waals surface area contributed by atoms with Crippen LogP contribution in [-0.2, 0) is 16.6 Å². The molecule has 0 atom stereocenters. The lowest BCUT2D eigenvalue weighted by atomic mass is 9.76. The average Bonchev–Trinajstić information content (AvgIpc) is 3.13. The van der Waals surface area contributed by atoms with Gasteiger partial charge < -0.3 is 5.32 Å². The molecule has 2 bridgehead atoms. The molecule has 0 spiro atoms. The molecule has 2 fully saturated rings. The topological polar surface area (TPSA) is 29.1 Å². The van der Waals surface area contributed by atoms with Gasteiger partial charge in [0.15, 0.2) is 5.78 Å². The summed E-state index contributed by atoms with van der Waals surface area (Å²) in [5.74, 6) is 0.337. The van der Waals surface area contributed by atoms with E-state index in [9.17, 15) is 4.79 Å². The van der Waals surface area contributed by atoms with E-state index in [4.69, 9.17) is 0 Å². The van der Waals surface area contributed by atoms with Crippen LogP contribution in [0.1, 0.15) is 57.1 Å². The summed E-state index contributed by atoms with van der Waals surface area (Å²) in [6.07, 6.45) is 8.38. The fraction of sp³-hybridized carbons (Fsp3) is 0.550. The minimum absolute atomic E-state index is 0.0957. The van der Waals surface area contributed by atoms with Gasteiger partial charge in [-0.2, -0.15) is 0 Å². The van der Waals surface area contributed by atoms with E-state index in [2.05, 4.69) is 36.5 Å². The third-order valence-corrected chi connectivity index (χ3v) is 6.08. The zero-order valence-corrected chi connectivity index (χ0v) is 14.0. The monoisotopic (exact) mass is 297 g/mol. The second kappa shape index (κ2) is 5.57. The normalized spacial score (nSPS) is 30.6. The Kier molecular flexibility index (Phi) is 3.88. The van der Waals surface area contributed by atoms with Gasteiger partial charge in [-0.3, -0.25) is 4.79 Å². The Morgan fingerprint density at radius 2 is 1.82 bits per heavy atom. The molecule has 22 heavy (non-hydrogen) atoms. The molecular formula is C20H27NO. The second-order valence-corrected chi connectivity index (χ2v) is 7.23. The van der Waals surface area contributed by atoms with Gasteiger partial charge in [0, 0.05) is 24.2 Å². The maximum atomic E-state index is 12.8. The van der Waals surface area contributed by atoms with E-state index in [1.54, 1.807) is 0 Å². The van der Waals surface area contributed by atoms with Crippen molar-refractivity contribution in [2.45, 2.75) is 57.8 Å². The molecule has 118 valence electrons. The SMILES string of the molecule is CCc1ccc(C23CCC(C(=O)/C=C(/C)NC)(CC2)C3)cc1. The van der Waals surface area contributed by atoms with Crippen LogP contribution < -0.4 is 5.32 Å². The summed E-state index contributed by atoms with van der Waals surface area (Å²) in [4.78, 5) is 12.8. The number of nitrogens with one attached hydrogen (secondary N) is 1. The maximum Gasteiger partial charge on any atom is 0.163 e. The highest BCUT2D eigenvalue weighted by atomic mass is 16.1. The van der Waals surface area contributed by atoms with Gasteiger partial charge in [0.25, 0.3) is 0 Å². The lowest BCUT2D eigenvalue weighted by molar-refractivity contribution is -0.123. The highest BCUT2D eigenvalue weighted by molar-refractivity contribution is 5.96. The first-order valence-electron chi connectivity index (χ1n) is 8.53. The van der Waals surface area contributed by atoms with Crippen molar-refractivity contribution in [2.75, 3.05) is 7.05 Å². The first kappa shape index (κ1) is 15.3. The summed E-state index contributed by atoms with van der Waals surface area (Å²) in [6.45, 7) is 4.16. The summed E-state index contributed by atoms with van der Waals surface area (Å²) < 4.78 is 0. The number of hydrogen-bond acceptors (Lipinski definition) is 2. The van der Waals surface area contributed by atoms with Crippen LogP contribution in [-0.4, -0.2) is 12.8 Å². The number of ketones is 1. The van der Waals surface area contributed by atoms with E-state index < -0.39 is 0 Å². The van der Waals surface area contributed by atoms with Gasteiger partial charge in [-0.1, -0.05) is 31.2 Å². The van der Waals surface area contributed by atoms with Gasteiger partial charge in [-0.15, -0.1) is 0 Å². The number of aryl methyl sites for hydroxylation is 1. The van der Waals surface area contributed by atoms with Crippen LogP contribution in [0.25, 0.3) is 0 Å². The fourth-order valence-electron chi connectivity index (χ4n) is 4.45. The van der Waals surface area contributed by atoms with Crippen molar-refractivity contribution in [3.05, 3.63) is 47.2 Å². The van der Waals surface area contributed by atoms with Crippen LogP contribution in [0, 0.1) is 5.41 Å². The van der Waals surface area contributed by atoms with Crippen molar-refractivity contribution in [2.24, 2.45) is 5.41 Å². The molecule has 0 radical (unpaired) electrons. The minimum Gasteiger partial charge on any atom is -0.392 e. The smallest absolute Gasteiger partial charge is 0.163 e. The average molecular weight is 297 g/mol. The second-order valence-electron chi connectivity index (χ2n) is 7.23. The van der Waals surface area contributed by atoms with Crippen LogP contribution >= 0.6 is 0 Å². The molecule has 2 nitrogen and oxygen atoms in total. The molecule has 1 aromatic carbocycles. The number of benzene rings is 1. The Bertz CT molecular complexity index is 589. The largest absolute Gasteiger partial charge is 0.392 e. The highest BCUT2D eigenvalue weighted by Crippen LogP contribution is 2.62. The third kappa shape index (κ3) is 2.39. The molecule has 1 N–H and O–H groups in total. The fourth-order valence-corrected chi connectivity index (χ4v) is 4.45. The molecule has 0 aromatic heterocycles. The molecule has 0 amide bonds. The first-order valence-corrected chi connectivity index (χ1v) is 8.53. The van der Waals surface area contributed by atoms with Crippen LogP contribution in [0.5, 0.6) is 0 Å². The number of carbonyl (C=O) groups excluding carboxylic acids is 1. The Labute approximate surface area is 134 Å². The van der Waals surface area contributed by atoms with E-state index in [-0.39, 0.29) is 10.8 Å². The van der Waals surface area contributed by atoms with E-state index in [1.165, 1.54) is 11.1 Å². The number of allylic oxidation sites excluding steroid dienone is 2. The molecule has 2 aliphatic rings. The van der Waals surface area contributed by atoms with Gasteiger partial charge in [0.2, 0.25) is 0 Å². The molecule has 0 unspecified atom stereocenters. The van der Waals surface area contributed by atoms with Gasteiger partial charge in [0.1, 0.15) is 0 Å². The highest BCUT2D eigenvalue weighted by Gasteiger charge is 2.57. The Balaban J connectivity index is 1.84. The summed E-state index contributed by atoms with van der Waals surface area (Å²) in [5, 5.41) is 3.07. The quantitative estimate of drug-likeness (QED) is 0.827. The van der Waals surface area contributed by atoms with Crippen LogP contribution in [0.3, 0.4) is 0 Å². The van der Waals surface area contributed by atoms with Crippen molar-refractivity contribution in [1.29, 1.82) is 0 Å². The Morgan fingerprint density at radius 1 is 1.18 bits per heavy atom. The molecule has 2 heteroatoms. The number of fused-ring (bicyclic) bond motifs is 2. The summed E-state index contributed by atoms with van der Waals surface area (Å²) >= 11 is 0. The van der Waals surface area contributed by atoms with E-state index in [1.807, 2.05) is 20.0 Å². The Morgan fingerprint density at radius 3 is 2.36 bits per heavy atom. The molecule has 0 heterocycles. The molecule has 2 aliphatic carbocycles. The molecule has 1 aromatic rings. The van der Waals surface area contributed by atoms with Crippen LogP contribution in [0.4, 0.5) is 0 Å². The summed E-state index contributed by atoms with van der Waals surface area (Å²) in [6, 6.07) is 9.13. The van der Waals surface area contributed by atoms with E-state index in [0.29, 0.717) is 5.78 Å². The number of hydrogen-bond donors (Lipinski definition) is 1. The van der Waals surface area contributed by atoms with Gasteiger partial charge in [-0.05, 0) is 62.0 Å². The van der Waals surface area contributed by atoms with Gasteiger partial charge >= 0.3 is 0 Å². The van der Waals surface area contributed by atoms with Gasteiger partial charge in [0.05, 0.1) is 0 Å². The van der Waals surface area contributed by atoms with Crippen molar-refractivity contribution < 1.29 is 4.79 Å². The zero-order valence-electron chi connectivity index (χ0n) is 14.0. The molecule has 3 rings (SSSR count). The lowest BCUT2D eigenvalue weighted by Crippen LogP contribution is -2.25. The van der Waals surface area contributed by atoms with Gasteiger partial charge in [-0.25, -0.2) is 0 Å². The molecular weight excluding hydrogens is 270 g/mol. The molecule has 0 saturated heterocycles. The third-order valence-electron chi connectivity index (χ3n) is 6.08. The van der Waals surface area contributed by atoms with E-state index >= 15 is 0 Å². The summed E-state index contributed by atoms with van der Waals surface area (Å²) in [7, 11) is 1.87. The van der Waals surface area contributed by atoms with E-state index in [0.717, 1.165) is 44.2 Å². The maximum absolute atomic E-state index is 12.8. The van der Waals surface area contributed by atoms with Crippen molar-refractivity contribution in [3.63, 3.8) is 0 Å². The predicted octanol–water partition coefficient (Wildman–Crippen LogP) is 4.14. The number of rotatable bonds is 5. The van der Waals surface area contributed by atoms with Crippen LogP contribution in [0.15, 0.2) is 36.0 Å². The number of carbonyl (C=O) groups is 1.